The van der Waals surface area contributed by atoms with Crippen LogP contribution < -0.4 is 0 Å². The topological polar surface area (TPSA) is 37.3 Å². The number of hydrogen-bond donors (Lipinski definition) is 1. The Bertz CT molecular complexity index is 42.9. The van der Waals surface area contributed by atoms with Crippen molar-refractivity contribution in [1.29, 1.82) is 0 Å². The molecule has 0 rings (SSSR count). The summed E-state index contributed by atoms with van der Waals surface area (Å²) in [5, 5.41) is 7.75. The van der Waals surface area contributed by atoms with E-state index in [1.165, 1.54) is 0 Å². The summed E-state index contributed by atoms with van der Waals surface area (Å²) >= 11 is 0.827. The standard InChI is InChI=1S/C2H3O2.Y/c1-2(3)4;/h1H2,(H,3,4);. The summed E-state index contributed by atoms with van der Waals surface area (Å²) in [6, 6.07) is 0. The van der Waals surface area contributed by atoms with E-state index >= 15 is 0 Å². The van der Waals surface area contributed by atoms with Crippen LogP contribution >= 0.6 is 0 Å². The van der Waals surface area contributed by atoms with Crippen molar-refractivity contribution in [2.24, 2.45) is 0 Å². The fourth-order valence-electron chi connectivity index (χ4n) is 0. The number of hydrogen-bond acceptors (Lipinski definition) is 1. The predicted molar refractivity (Wildman–Crippen MR) is 12.4 cm³/mol. The summed E-state index contributed by atoms with van der Waals surface area (Å²) < 4.78 is 0.352. The second kappa shape index (κ2) is 2.79. The van der Waals surface area contributed by atoms with Crippen LogP contribution in [-0.2, 0) is 35.7 Å². The molecule has 0 aromatic heterocycles. The van der Waals surface area contributed by atoms with Crippen molar-refractivity contribution < 1.29 is 40.9 Å². The summed E-state index contributed by atoms with van der Waals surface area (Å²) in [7, 11) is 0. The van der Waals surface area contributed by atoms with Crippen LogP contribution in [0.15, 0.2) is 0 Å². The molecule has 0 aromatic rings. The molecule has 0 amide bonds. The molecule has 5 heavy (non-hydrogen) atoms. The normalized spacial score (nSPS) is 7.00. The number of carboxylic acid groups (broad SMARTS) is 1. The Morgan fingerprint density at radius 1 is 2.00 bits per heavy atom. The molecule has 0 bridgehead atoms. The van der Waals surface area contributed by atoms with Crippen molar-refractivity contribution in [3.8, 4) is 0 Å². The van der Waals surface area contributed by atoms with Gasteiger partial charge in [0.2, 0.25) is 0 Å². The zero-order valence-corrected chi connectivity index (χ0v) is 5.48. The second-order valence-electron chi connectivity index (χ2n) is 0.598. The minimum absolute atomic E-state index is 0.352. The van der Waals surface area contributed by atoms with Crippen molar-refractivity contribution in [2.75, 3.05) is 0 Å². The van der Waals surface area contributed by atoms with Gasteiger partial charge in [0.25, 0.3) is 0 Å². The van der Waals surface area contributed by atoms with Crippen molar-refractivity contribution in [2.45, 2.75) is 3.23 Å². The van der Waals surface area contributed by atoms with Crippen LogP contribution in [0.5, 0.6) is 0 Å². The molecule has 0 aliphatic rings. The van der Waals surface area contributed by atoms with Gasteiger partial charge in [-0.1, -0.05) is 0 Å². The maximum atomic E-state index is 9.40. The van der Waals surface area contributed by atoms with E-state index < -0.39 is 5.97 Å². The molecule has 0 heterocycles. The molecule has 0 fully saturated rings. The van der Waals surface area contributed by atoms with Crippen LogP contribution in [0.3, 0.4) is 0 Å². The van der Waals surface area contributed by atoms with Gasteiger partial charge in [-0.2, -0.15) is 0 Å². The summed E-state index contributed by atoms with van der Waals surface area (Å²) in [6.07, 6.45) is 0. The van der Waals surface area contributed by atoms with Crippen LogP contribution in [0.2, 0.25) is 3.23 Å². The summed E-state index contributed by atoms with van der Waals surface area (Å²) in [4.78, 5) is 9.40. The zero-order chi connectivity index (χ0) is 4.28. The van der Waals surface area contributed by atoms with Crippen molar-refractivity contribution in [1.82, 2.24) is 0 Å². The molecule has 0 aromatic carbocycles. The molecular weight excluding hydrogens is 145 g/mol. The van der Waals surface area contributed by atoms with Crippen molar-refractivity contribution in [3.05, 3.63) is 0 Å². The van der Waals surface area contributed by atoms with Gasteiger partial charge in [0.15, 0.2) is 0 Å². The Balaban J connectivity index is 2.85. The fourth-order valence-corrected chi connectivity index (χ4v) is 0. The van der Waals surface area contributed by atoms with E-state index in [2.05, 4.69) is 0 Å². The van der Waals surface area contributed by atoms with Crippen LogP contribution in [0, 0.1) is 0 Å². The van der Waals surface area contributed by atoms with E-state index in [4.69, 9.17) is 5.11 Å². The van der Waals surface area contributed by atoms with E-state index in [0.717, 1.165) is 31.0 Å². The van der Waals surface area contributed by atoms with Crippen molar-refractivity contribution >= 4 is 5.97 Å². The summed E-state index contributed by atoms with van der Waals surface area (Å²) in [6.45, 7) is 0. The molecule has 3 heteroatoms. The van der Waals surface area contributed by atoms with Crippen molar-refractivity contribution in [3.63, 3.8) is 0 Å². The van der Waals surface area contributed by atoms with Gasteiger partial charge in [0.05, 0.1) is 0 Å². The zero-order valence-electron chi connectivity index (χ0n) is 2.64. The third-order valence-electron chi connectivity index (χ3n) is 0.175. The quantitative estimate of drug-likeness (QED) is 0.569. The van der Waals surface area contributed by atoms with E-state index in [-0.39, 0.29) is 0 Å². The summed E-state index contributed by atoms with van der Waals surface area (Å²) in [5.74, 6) is -0.688. The third kappa shape index (κ3) is 4.57. The maximum absolute atomic E-state index is 9.40. The molecule has 0 spiro atoms. The number of rotatable bonds is 1. The van der Waals surface area contributed by atoms with Gasteiger partial charge < -0.3 is 0 Å². The molecule has 0 saturated heterocycles. The molecule has 26 valence electrons. The Hall–Kier alpha value is 0.574. The van der Waals surface area contributed by atoms with Crippen LogP contribution in [-0.4, -0.2) is 11.1 Å². The molecule has 0 radical (unpaired) electrons. The first kappa shape index (κ1) is 5.57. The van der Waals surface area contributed by atoms with Gasteiger partial charge >= 0.3 is 50.1 Å². The van der Waals surface area contributed by atoms with Crippen LogP contribution in [0.4, 0.5) is 0 Å². The van der Waals surface area contributed by atoms with E-state index in [9.17, 15) is 4.79 Å². The minimum atomic E-state index is -0.688. The second-order valence-corrected chi connectivity index (χ2v) is 1.60. The molecule has 0 saturated carbocycles. The number of carbonyl (C=O) groups is 1. The van der Waals surface area contributed by atoms with Gasteiger partial charge in [-0.15, -0.1) is 0 Å². The summed E-state index contributed by atoms with van der Waals surface area (Å²) in [5.41, 5.74) is 0. The average Bonchev–Trinajstić information content (AvgIpc) is 1.38. The Kier molecular flexibility index (Phi) is 3.11. The van der Waals surface area contributed by atoms with E-state index in [1.54, 1.807) is 0 Å². The monoisotopic (exact) mass is 148 g/mol. The predicted octanol–water partition coefficient (Wildman–Crippen LogP) is 0.0361. The SMILES string of the molecule is O=C(O)[CH2][Y]. The third-order valence-corrected chi connectivity index (χ3v) is 1.03. The number of aliphatic carboxylic acids is 1. The molecular formula is C2H3O2Y. The molecule has 0 aliphatic carbocycles. The van der Waals surface area contributed by atoms with Gasteiger partial charge in [-0.05, 0) is 0 Å². The van der Waals surface area contributed by atoms with Gasteiger partial charge in [-0.3, -0.25) is 0 Å². The van der Waals surface area contributed by atoms with Crippen LogP contribution in [0.25, 0.3) is 0 Å². The molecule has 0 aliphatic heterocycles. The fraction of sp³-hybridized carbons (Fsp3) is 0.500. The van der Waals surface area contributed by atoms with E-state index in [1.807, 2.05) is 0 Å². The Labute approximate surface area is 50.0 Å². The molecule has 1 N–H and O–H groups in total. The Morgan fingerprint density at radius 2 is 2.20 bits per heavy atom. The van der Waals surface area contributed by atoms with Gasteiger partial charge in [-0.25, -0.2) is 0 Å². The van der Waals surface area contributed by atoms with Gasteiger partial charge in [0.1, 0.15) is 0 Å². The molecule has 0 atom stereocenters. The average molecular weight is 148 g/mol. The first-order chi connectivity index (χ1) is 2.27. The first-order valence-electron chi connectivity index (χ1n) is 1.19. The number of carboxylic acids is 1. The molecule has 0 unspecified atom stereocenters. The van der Waals surface area contributed by atoms with Gasteiger partial charge in [0, 0.05) is 0 Å². The molecule has 2 nitrogen and oxygen atoms in total. The van der Waals surface area contributed by atoms with Crippen LogP contribution in [0.1, 0.15) is 0 Å². The Morgan fingerprint density at radius 3 is 2.20 bits per heavy atom. The van der Waals surface area contributed by atoms with E-state index in [0.29, 0.717) is 3.23 Å². The first-order valence-corrected chi connectivity index (χ1v) is 3.20.